The van der Waals surface area contributed by atoms with Crippen molar-refractivity contribution in [1.29, 1.82) is 0 Å². The van der Waals surface area contributed by atoms with Crippen molar-refractivity contribution in [3.05, 3.63) is 94.4 Å². The second kappa shape index (κ2) is 8.71. The minimum Gasteiger partial charge on any atom is -0.468 e. The molecule has 5 nitrogen and oxygen atoms in total. The highest BCUT2D eigenvalue weighted by Crippen LogP contribution is 2.28. The zero-order chi connectivity index (χ0) is 20.3. The van der Waals surface area contributed by atoms with E-state index in [0.29, 0.717) is 10.6 Å². The van der Waals surface area contributed by atoms with Gasteiger partial charge in [0.05, 0.1) is 18.1 Å². The Kier molecular flexibility index (Phi) is 6.06. The van der Waals surface area contributed by atoms with Gasteiger partial charge in [0.15, 0.2) is 0 Å². The average Bonchev–Trinajstić information content (AvgIpc) is 3.22. The maximum Gasteiger partial charge on any atom is 0.215 e. The van der Waals surface area contributed by atoms with E-state index < -0.39 is 10.0 Å². The molecule has 1 N–H and O–H groups in total. The largest absolute Gasteiger partial charge is 0.468 e. The van der Waals surface area contributed by atoms with Crippen molar-refractivity contribution in [2.75, 3.05) is 13.1 Å². The molecule has 0 spiro atoms. The van der Waals surface area contributed by atoms with Gasteiger partial charge in [-0.25, -0.2) is 13.1 Å². The summed E-state index contributed by atoms with van der Waals surface area (Å²) in [5, 5.41) is 0.526. The van der Waals surface area contributed by atoms with E-state index in [0.717, 1.165) is 25.3 Å². The number of nitrogens with zero attached hydrogens (tertiary/aromatic N) is 1. The first-order valence-electron chi connectivity index (χ1n) is 9.56. The lowest BCUT2D eigenvalue weighted by Gasteiger charge is -2.34. The molecular formula is C22H23ClN2O3S. The molecule has 0 saturated heterocycles. The van der Waals surface area contributed by atoms with Gasteiger partial charge in [0.1, 0.15) is 5.76 Å². The molecule has 3 aromatic rings. The molecule has 2 heterocycles. The minimum absolute atomic E-state index is 0.110. The van der Waals surface area contributed by atoms with E-state index in [4.69, 9.17) is 16.0 Å². The fourth-order valence-electron chi connectivity index (χ4n) is 3.78. The summed E-state index contributed by atoms with van der Waals surface area (Å²) in [6.45, 7) is 1.86. The Morgan fingerprint density at radius 2 is 1.90 bits per heavy atom. The smallest absolute Gasteiger partial charge is 0.215 e. The Bertz CT molecular complexity index is 1070. The molecule has 1 aromatic heterocycles. The van der Waals surface area contributed by atoms with Crippen molar-refractivity contribution in [3.8, 4) is 0 Å². The lowest BCUT2D eigenvalue weighted by molar-refractivity contribution is 0.160. The van der Waals surface area contributed by atoms with Crippen LogP contribution >= 0.6 is 11.6 Å². The predicted octanol–water partition coefficient (Wildman–Crippen LogP) is 4.15. The molecule has 0 aliphatic carbocycles. The molecular weight excluding hydrogens is 408 g/mol. The van der Waals surface area contributed by atoms with Crippen LogP contribution in [-0.2, 0) is 28.7 Å². The van der Waals surface area contributed by atoms with E-state index in [9.17, 15) is 8.42 Å². The van der Waals surface area contributed by atoms with E-state index >= 15 is 0 Å². The summed E-state index contributed by atoms with van der Waals surface area (Å²) in [6.07, 6.45) is 2.56. The number of benzene rings is 2. The SMILES string of the molecule is O=S(=O)(Cc1cccc(Cl)c1)NCC(c1ccco1)N1CCc2ccccc2C1. The fraction of sp³-hybridized carbons (Fsp3) is 0.273. The van der Waals surface area contributed by atoms with Crippen LogP contribution in [0.4, 0.5) is 0 Å². The molecule has 0 radical (unpaired) electrons. The molecule has 1 aliphatic heterocycles. The van der Waals surface area contributed by atoms with Crippen LogP contribution in [0.25, 0.3) is 0 Å². The molecule has 0 fully saturated rings. The molecule has 7 heteroatoms. The summed E-state index contributed by atoms with van der Waals surface area (Å²) in [5.41, 5.74) is 3.28. The first-order chi connectivity index (χ1) is 14.0. The highest BCUT2D eigenvalue weighted by Gasteiger charge is 2.28. The molecule has 1 atom stereocenters. The van der Waals surface area contributed by atoms with Gasteiger partial charge < -0.3 is 4.42 Å². The molecule has 0 amide bonds. The normalized spacial score (nSPS) is 15.8. The van der Waals surface area contributed by atoms with Crippen molar-refractivity contribution in [3.63, 3.8) is 0 Å². The second-order valence-electron chi connectivity index (χ2n) is 7.26. The first kappa shape index (κ1) is 20.2. The lowest BCUT2D eigenvalue weighted by atomic mass is 9.98. The van der Waals surface area contributed by atoms with E-state index in [-0.39, 0.29) is 18.3 Å². The van der Waals surface area contributed by atoms with Gasteiger partial charge in [-0.05, 0) is 47.4 Å². The van der Waals surface area contributed by atoms with Crippen molar-refractivity contribution >= 4 is 21.6 Å². The predicted molar refractivity (Wildman–Crippen MR) is 114 cm³/mol. The van der Waals surface area contributed by atoms with Gasteiger partial charge >= 0.3 is 0 Å². The molecule has 1 unspecified atom stereocenters. The number of hydrogen-bond acceptors (Lipinski definition) is 4. The van der Waals surface area contributed by atoms with E-state index in [1.165, 1.54) is 11.1 Å². The van der Waals surface area contributed by atoms with Gasteiger partial charge in [-0.15, -0.1) is 0 Å². The molecule has 152 valence electrons. The number of halogens is 1. The van der Waals surface area contributed by atoms with Gasteiger partial charge in [-0.2, -0.15) is 0 Å². The summed E-state index contributed by atoms with van der Waals surface area (Å²) in [5.74, 6) is 0.649. The van der Waals surface area contributed by atoms with E-state index in [1.807, 2.05) is 18.2 Å². The van der Waals surface area contributed by atoms with Crippen molar-refractivity contribution in [1.82, 2.24) is 9.62 Å². The van der Waals surface area contributed by atoms with Crippen LogP contribution in [0, 0.1) is 0 Å². The van der Waals surface area contributed by atoms with Gasteiger partial charge in [-0.1, -0.05) is 48.0 Å². The van der Waals surface area contributed by atoms with Crippen LogP contribution in [0.5, 0.6) is 0 Å². The zero-order valence-corrected chi connectivity index (χ0v) is 17.5. The number of rotatable bonds is 7. The molecule has 4 rings (SSSR count). The van der Waals surface area contributed by atoms with Gasteiger partial charge in [-0.3, -0.25) is 4.90 Å². The quantitative estimate of drug-likeness (QED) is 0.611. The van der Waals surface area contributed by atoms with Crippen molar-refractivity contribution < 1.29 is 12.8 Å². The average molecular weight is 431 g/mol. The summed E-state index contributed by atoms with van der Waals surface area (Å²) >= 11 is 5.98. The van der Waals surface area contributed by atoms with Crippen LogP contribution in [0.15, 0.2) is 71.3 Å². The Morgan fingerprint density at radius 3 is 2.66 bits per heavy atom. The summed E-state index contributed by atoms with van der Waals surface area (Å²) < 4.78 is 33.7. The number of nitrogens with one attached hydrogen (secondary N) is 1. The van der Waals surface area contributed by atoms with Crippen LogP contribution in [0.1, 0.15) is 28.5 Å². The first-order valence-corrected chi connectivity index (χ1v) is 11.6. The van der Waals surface area contributed by atoms with Crippen molar-refractivity contribution in [2.45, 2.75) is 24.8 Å². The van der Waals surface area contributed by atoms with Crippen LogP contribution in [-0.4, -0.2) is 26.4 Å². The number of hydrogen-bond donors (Lipinski definition) is 1. The highest BCUT2D eigenvalue weighted by molar-refractivity contribution is 7.88. The molecule has 1 aliphatic rings. The van der Waals surface area contributed by atoms with Crippen LogP contribution in [0.2, 0.25) is 5.02 Å². The van der Waals surface area contributed by atoms with Crippen LogP contribution in [0.3, 0.4) is 0 Å². The summed E-state index contributed by atoms with van der Waals surface area (Å²) in [6, 6.07) is 18.9. The Hall–Kier alpha value is -2.12. The third kappa shape index (κ3) is 5.08. The minimum atomic E-state index is -3.51. The number of fused-ring (bicyclic) bond motifs is 1. The Morgan fingerprint density at radius 1 is 1.07 bits per heavy atom. The maximum absolute atomic E-state index is 12.7. The fourth-order valence-corrected chi connectivity index (χ4v) is 5.12. The highest BCUT2D eigenvalue weighted by atomic mass is 35.5. The van der Waals surface area contributed by atoms with Crippen LogP contribution < -0.4 is 4.72 Å². The van der Waals surface area contributed by atoms with Gasteiger partial charge in [0.25, 0.3) is 0 Å². The van der Waals surface area contributed by atoms with E-state index in [1.54, 1.807) is 30.5 Å². The topological polar surface area (TPSA) is 62.6 Å². The molecule has 2 aromatic carbocycles. The third-order valence-electron chi connectivity index (χ3n) is 5.21. The molecule has 0 saturated carbocycles. The standard InChI is InChI=1S/C22H23ClN2O3S/c23-20-8-3-5-17(13-20)16-29(26,27)24-14-21(22-9-4-12-28-22)25-11-10-18-6-1-2-7-19(18)15-25/h1-9,12-13,21,24H,10-11,14-16H2. The van der Waals surface area contributed by atoms with Crippen molar-refractivity contribution in [2.24, 2.45) is 0 Å². The summed E-state index contributed by atoms with van der Waals surface area (Å²) in [4.78, 5) is 2.27. The summed E-state index contributed by atoms with van der Waals surface area (Å²) in [7, 11) is -3.51. The molecule has 0 bridgehead atoms. The lowest BCUT2D eigenvalue weighted by Crippen LogP contribution is -2.40. The van der Waals surface area contributed by atoms with Gasteiger partial charge in [0, 0.05) is 24.7 Å². The number of furan rings is 1. The Balaban J connectivity index is 1.48. The number of sulfonamides is 1. The maximum atomic E-state index is 12.7. The van der Waals surface area contributed by atoms with Gasteiger partial charge in [0.2, 0.25) is 10.0 Å². The molecule has 29 heavy (non-hydrogen) atoms. The second-order valence-corrected chi connectivity index (χ2v) is 9.50. The monoisotopic (exact) mass is 430 g/mol. The zero-order valence-electron chi connectivity index (χ0n) is 15.9. The Labute approximate surface area is 176 Å². The third-order valence-corrected chi connectivity index (χ3v) is 6.77. The van der Waals surface area contributed by atoms with E-state index in [2.05, 4.69) is 27.8 Å².